The van der Waals surface area contributed by atoms with E-state index in [4.69, 9.17) is 4.42 Å². The van der Waals surface area contributed by atoms with Gasteiger partial charge in [-0.3, -0.25) is 9.59 Å². The molecule has 0 atom stereocenters. The Morgan fingerprint density at radius 1 is 0.788 bits per heavy atom. The van der Waals surface area contributed by atoms with E-state index in [1.807, 2.05) is 5.38 Å². The summed E-state index contributed by atoms with van der Waals surface area (Å²) >= 11 is 1.42. The van der Waals surface area contributed by atoms with E-state index in [9.17, 15) is 14.4 Å². The topological polar surface area (TPSA) is 112 Å². The van der Waals surface area contributed by atoms with Gasteiger partial charge in [0.2, 0.25) is 0 Å². The first-order valence-corrected chi connectivity index (χ1v) is 10.9. The first kappa shape index (κ1) is 21.8. The quantitative estimate of drug-likeness (QED) is 0.305. The lowest BCUT2D eigenvalue weighted by molar-refractivity contribution is 0.102. The van der Waals surface area contributed by atoms with Crippen molar-refractivity contribution in [2.45, 2.75) is 6.54 Å². The monoisotopic (exact) mass is 460 g/mol. The molecule has 0 spiro atoms. The lowest BCUT2D eigenvalue weighted by Gasteiger charge is -2.12. The Labute approximate surface area is 193 Å². The smallest absolute Gasteiger partial charge is 0.319 e. The molecule has 9 heteroatoms. The minimum Gasteiger partial charge on any atom is -0.467 e. The molecule has 0 saturated heterocycles. The van der Waals surface area contributed by atoms with Crippen LogP contribution in [0.1, 0.15) is 26.5 Å². The highest BCUT2D eigenvalue weighted by Gasteiger charge is 2.14. The summed E-state index contributed by atoms with van der Waals surface area (Å²) < 4.78 is 5.17. The first-order chi connectivity index (χ1) is 16.1. The van der Waals surface area contributed by atoms with Crippen LogP contribution in [0.2, 0.25) is 0 Å². The average molecular weight is 461 g/mol. The molecule has 4 N–H and O–H groups in total. The standard InChI is InChI=1S/C24H20N4O4S/c29-22(16-11-13-33-15-16)28-21-6-2-1-5-20(21)23(30)26-17-7-9-18(10-8-17)27-24(31)25-14-19-4-3-12-32-19/h1-13,15H,14H2,(H,26,30)(H,28,29)(H2,25,27,31). The van der Waals surface area contributed by atoms with Crippen LogP contribution in [0.5, 0.6) is 0 Å². The molecule has 0 aliphatic rings. The van der Waals surface area contributed by atoms with E-state index in [2.05, 4.69) is 21.3 Å². The summed E-state index contributed by atoms with van der Waals surface area (Å²) in [7, 11) is 0. The zero-order chi connectivity index (χ0) is 23.0. The lowest BCUT2D eigenvalue weighted by atomic mass is 10.1. The summed E-state index contributed by atoms with van der Waals surface area (Å²) in [6.07, 6.45) is 1.54. The van der Waals surface area contributed by atoms with Crippen LogP contribution in [-0.4, -0.2) is 17.8 Å². The van der Waals surface area contributed by atoms with Crippen LogP contribution < -0.4 is 21.3 Å². The van der Waals surface area contributed by atoms with Crippen molar-refractivity contribution < 1.29 is 18.8 Å². The highest BCUT2D eigenvalue weighted by Crippen LogP contribution is 2.20. The van der Waals surface area contributed by atoms with Crippen LogP contribution in [0.4, 0.5) is 21.9 Å². The van der Waals surface area contributed by atoms with Crippen molar-refractivity contribution in [1.82, 2.24) is 5.32 Å². The number of para-hydroxylation sites is 1. The van der Waals surface area contributed by atoms with Crippen LogP contribution in [0.3, 0.4) is 0 Å². The van der Waals surface area contributed by atoms with Gasteiger partial charge in [-0.05, 0) is 60.0 Å². The number of furan rings is 1. The van der Waals surface area contributed by atoms with Gasteiger partial charge in [-0.25, -0.2) is 4.79 Å². The van der Waals surface area contributed by atoms with Gasteiger partial charge in [0.25, 0.3) is 11.8 Å². The Kier molecular flexibility index (Phi) is 6.81. The first-order valence-electron chi connectivity index (χ1n) is 10.00. The summed E-state index contributed by atoms with van der Waals surface area (Å²) in [5.74, 6) is 0.000345. The van der Waals surface area contributed by atoms with Crippen LogP contribution in [-0.2, 0) is 6.54 Å². The van der Waals surface area contributed by atoms with Crippen molar-refractivity contribution >= 4 is 46.2 Å². The molecule has 2 aromatic carbocycles. The summed E-state index contributed by atoms with van der Waals surface area (Å²) in [4.78, 5) is 37.2. The number of rotatable bonds is 7. The average Bonchev–Trinajstić information content (AvgIpc) is 3.54. The van der Waals surface area contributed by atoms with Gasteiger partial charge < -0.3 is 25.7 Å². The highest BCUT2D eigenvalue weighted by atomic mass is 32.1. The van der Waals surface area contributed by atoms with Crippen LogP contribution in [0.25, 0.3) is 0 Å². The molecule has 166 valence electrons. The minimum absolute atomic E-state index is 0.273. The van der Waals surface area contributed by atoms with Gasteiger partial charge in [-0.15, -0.1) is 0 Å². The fourth-order valence-corrected chi connectivity index (χ4v) is 3.61. The van der Waals surface area contributed by atoms with Crippen molar-refractivity contribution in [3.05, 3.63) is 101 Å². The minimum atomic E-state index is -0.376. The zero-order valence-electron chi connectivity index (χ0n) is 17.3. The lowest BCUT2D eigenvalue weighted by Crippen LogP contribution is -2.27. The molecule has 33 heavy (non-hydrogen) atoms. The van der Waals surface area contributed by atoms with E-state index < -0.39 is 0 Å². The molecule has 0 saturated carbocycles. The van der Waals surface area contributed by atoms with Gasteiger partial charge >= 0.3 is 6.03 Å². The normalized spacial score (nSPS) is 10.3. The van der Waals surface area contributed by atoms with Gasteiger partial charge in [0.15, 0.2) is 0 Å². The molecule has 0 bridgehead atoms. The van der Waals surface area contributed by atoms with Gasteiger partial charge in [-0.1, -0.05) is 12.1 Å². The summed E-state index contributed by atoms with van der Waals surface area (Å²) in [6.45, 7) is 0.273. The van der Waals surface area contributed by atoms with Crippen molar-refractivity contribution in [3.8, 4) is 0 Å². The predicted molar refractivity (Wildman–Crippen MR) is 128 cm³/mol. The molecule has 0 radical (unpaired) electrons. The highest BCUT2D eigenvalue weighted by molar-refractivity contribution is 7.08. The second-order valence-corrected chi connectivity index (χ2v) is 7.71. The number of benzene rings is 2. The van der Waals surface area contributed by atoms with Crippen LogP contribution >= 0.6 is 11.3 Å². The molecule has 0 unspecified atom stereocenters. The molecule has 4 rings (SSSR count). The molecule has 8 nitrogen and oxygen atoms in total. The zero-order valence-corrected chi connectivity index (χ0v) is 18.1. The fourth-order valence-electron chi connectivity index (χ4n) is 2.97. The number of anilines is 3. The Morgan fingerprint density at radius 2 is 1.55 bits per heavy atom. The Bertz CT molecular complexity index is 1240. The van der Waals surface area contributed by atoms with Crippen molar-refractivity contribution in [3.63, 3.8) is 0 Å². The molecule has 4 amide bonds. The number of carbonyl (C=O) groups is 3. The van der Waals surface area contributed by atoms with Crippen molar-refractivity contribution in [2.24, 2.45) is 0 Å². The molecular formula is C24H20N4O4S. The van der Waals surface area contributed by atoms with Crippen LogP contribution in [0.15, 0.2) is 88.2 Å². The molecule has 0 aliphatic heterocycles. The number of nitrogens with one attached hydrogen (secondary N) is 4. The maximum absolute atomic E-state index is 12.8. The third-order valence-corrected chi connectivity index (χ3v) is 5.29. The van der Waals surface area contributed by atoms with E-state index in [0.717, 1.165) is 0 Å². The Hall–Kier alpha value is -4.37. The Balaban J connectivity index is 1.35. The summed E-state index contributed by atoms with van der Waals surface area (Å²) in [5, 5.41) is 14.5. The number of thiophene rings is 1. The maximum Gasteiger partial charge on any atom is 0.319 e. The number of amides is 4. The van der Waals surface area contributed by atoms with Crippen molar-refractivity contribution in [2.75, 3.05) is 16.0 Å². The largest absolute Gasteiger partial charge is 0.467 e. The molecule has 2 aromatic heterocycles. The SMILES string of the molecule is O=C(NCc1ccco1)Nc1ccc(NC(=O)c2ccccc2NC(=O)c2ccsc2)cc1. The van der Waals surface area contributed by atoms with Crippen LogP contribution in [0, 0.1) is 0 Å². The number of urea groups is 1. The second kappa shape index (κ2) is 10.3. The second-order valence-electron chi connectivity index (χ2n) is 6.93. The number of carbonyl (C=O) groups excluding carboxylic acids is 3. The molecule has 2 heterocycles. The molecule has 4 aromatic rings. The molecular weight excluding hydrogens is 440 g/mol. The Morgan fingerprint density at radius 3 is 2.24 bits per heavy atom. The van der Waals surface area contributed by atoms with Gasteiger partial charge in [-0.2, -0.15) is 11.3 Å². The van der Waals surface area contributed by atoms with Crippen molar-refractivity contribution in [1.29, 1.82) is 0 Å². The number of hydrogen-bond donors (Lipinski definition) is 4. The van der Waals surface area contributed by atoms with E-state index >= 15 is 0 Å². The fraction of sp³-hybridized carbons (Fsp3) is 0.0417. The third kappa shape index (κ3) is 5.86. The summed E-state index contributed by atoms with van der Waals surface area (Å²) in [5.41, 5.74) is 2.39. The third-order valence-electron chi connectivity index (χ3n) is 4.61. The molecule has 0 fully saturated rings. The van der Waals surface area contributed by atoms with Gasteiger partial charge in [0.05, 0.1) is 29.6 Å². The van der Waals surface area contributed by atoms with Gasteiger partial charge in [0.1, 0.15) is 5.76 Å². The summed E-state index contributed by atoms with van der Waals surface area (Å²) in [6, 6.07) is 18.3. The van der Waals surface area contributed by atoms with E-state index in [1.54, 1.807) is 72.1 Å². The predicted octanol–water partition coefficient (Wildman–Crippen LogP) is 5.17. The molecule has 0 aliphatic carbocycles. The maximum atomic E-state index is 12.8. The van der Waals surface area contributed by atoms with E-state index in [1.165, 1.54) is 17.6 Å². The van der Waals surface area contributed by atoms with E-state index in [0.29, 0.717) is 33.9 Å². The number of hydrogen-bond acceptors (Lipinski definition) is 5. The van der Waals surface area contributed by atoms with Gasteiger partial charge in [0, 0.05) is 16.8 Å². The van der Waals surface area contributed by atoms with E-state index in [-0.39, 0.29) is 24.4 Å².